The average Bonchev–Trinajstić information content (AvgIpc) is 2.63. The number of anilines is 1. The van der Waals surface area contributed by atoms with Gasteiger partial charge in [0, 0.05) is 25.3 Å². The van der Waals surface area contributed by atoms with Crippen molar-refractivity contribution >= 4 is 35.6 Å². The lowest BCUT2D eigenvalue weighted by Gasteiger charge is -2.18. The molecule has 1 rings (SSSR count). The monoisotopic (exact) mass is 464 g/mol. The number of ether oxygens (including phenoxy) is 2. The predicted octanol–water partition coefficient (Wildman–Crippen LogP) is 3.43. The Morgan fingerprint density at radius 1 is 1.08 bits per heavy atom. The van der Waals surface area contributed by atoms with Crippen molar-refractivity contribution in [3.63, 3.8) is 0 Å². The molecule has 0 unspecified atom stereocenters. The summed E-state index contributed by atoms with van der Waals surface area (Å²) in [5.74, 6) is 2.16. The second kappa shape index (κ2) is 14.0. The molecule has 0 radical (unpaired) electrons. The molecule has 7 heteroatoms. The Hall–Kier alpha value is -1.22. The number of benzene rings is 1. The van der Waals surface area contributed by atoms with Crippen molar-refractivity contribution in [1.29, 1.82) is 0 Å². The predicted molar refractivity (Wildman–Crippen MR) is 117 cm³/mol. The van der Waals surface area contributed by atoms with E-state index in [4.69, 9.17) is 9.47 Å². The molecule has 0 atom stereocenters. The Bertz CT molecular complexity index is 508. The third-order valence-corrected chi connectivity index (χ3v) is 3.96. The first-order valence-electron chi connectivity index (χ1n) is 8.60. The third-order valence-electron chi connectivity index (χ3n) is 3.96. The first-order valence-corrected chi connectivity index (χ1v) is 8.60. The van der Waals surface area contributed by atoms with E-state index in [-0.39, 0.29) is 24.0 Å². The number of nitrogens with zero attached hydrogens (tertiary/aromatic N) is 2. The van der Waals surface area contributed by atoms with Crippen LogP contribution in [0, 0.1) is 0 Å². The lowest BCUT2D eigenvalue weighted by atomic mass is 10.2. The molecule has 25 heavy (non-hydrogen) atoms. The number of unbranched alkanes of at least 4 members (excludes halogenated alkanes) is 1. The molecular weight excluding hydrogens is 431 g/mol. The summed E-state index contributed by atoms with van der Waals surface area (Å²) in [5, 5.41) is 6.61. The van der Waals surface area contributed by atoms with Gasteiger partial charge in [-0.25, -0.2) is 0 Å². The van der Waals surface area contributed by atoms with E-state index in [1.54, 1.807) is 21.3 Å². The summed E-state index contributed by atoms with van der Waals surface area (Å²) in [6.07, 6.45) is 2.30. The third kappa shape index (κ3) is 8.62. The van der Waals surface area contributed by atoms with E-state index in [9.17, 15) is 0 Å². The zero-order valence-electron chi connectivity index (χ0n) is 16.1. The Morgan fingerprint density at radius 2 is 1.76 bits per heavy atom. The fourth-order valence-electron chi connectivity index (χ4n) is 2.44. The SMILES string of the molecule is CCN(CC)CCCCNC(=NC)Nc1ccc(OC)c(OC)c1.I. The van der Waals surface area contributed by atoms with Crippen molar-refractivity contribution in [2.24, 2.45) is 4.99 Å². The van der Waals surface area contributed by atoms with Crippen molar-refractivity contribution in [3.05, 3.63) is 18.2 Å². The molecular formula is C18H33IN4O2. The van der Waals surface area contributed by atoms with Crippen LogP contribution >= 0.6 is 24.0 Å². The second-order valence-electron chi connectivity index (χ2n) is 5.43. The lowest BCUT2D eigenvalue weighted by Crippen LogP contribution is -2.32. The second-order valence-corrected chi connectivity index (χ2v) is 5.43. The zero-order valence-corrected chi connectivity index (χ0v) is 18.4. The van der Waals surface area contributed by atoms with Crippen molar-refractivity contribution in [1.82, 2.24) is 10.2 Å². The van der Waals surface area contributed by atoms with Gasteiger partial charge in [0.1, 0.15) is 0 Å². The first kappa shape index (κ1) is 23.8. The standard InChI is InChI=1S/C18H32N4O2.HI/c1-6-22(7-2)13-9-8-12-20-18(19-3)21-15-10-11-16(23-4)17(14-15)24-5;/h10-11,14H,6-9,12-13H2,1-5H3,(H2,19,20,21);1H. The zero-order chi connectivity index (χ0) is 17.8. The van der Waals surface area contributed by atoms with Crippen molar-refractivity contribution in [2.75, 3.05) is 52.8 Å². The number of halogens is 1. The van der Waals surface area contributed by atoms with E-state index in [2.05, 4.69) is 34.4 Å². The minimum atomic E-state index is 0. The molecule has 0 spiro atoms. The van der Waals surface area contributed by atoms with Crippen LogP contribution in [-0.4, -0.2) is 58.3 Å². The van der Waals surface area contributed by atoms with E-state index < -0.39 is 0 Å². The molecule has 0 saturated carbocycles. The molecule has 0 aliphatic rings. The van der Waals surface area contributed by atoms with Crippen LogP contribution in [0.4, 0.5) is 5.69 Å². The Kier molecular flexibility index (Phi) is 13.3. The summed E-state index contributed by atoms with van der Waals surface area (Å²) in [4.78, 5) is 6.70. The number of hydrogen-bond donors (Lipinski definition) is 2. The Labute approximate surface area is 169 Å². The van der Waals surface area contributed by atoms with Crippen molar-refractivity contribution < 1.29 is 9.47 Å². The van der Waals surface area contributed by atoms with Crippen LogP contribution in [0.1, 0.15) is 26.7 Å². The van der Waals surface area contributed by atoms with Crippen LogP contribution in [0.2, 0.25) is 0 Å². The van der Waals surface area contributed by atoms with Gasteiger partial charge in [-0.15, -0.1) is 24.0 Å². The van der Waals surface area contributed by atoms with Crippen LogP contribution in [0.25, 0.3) is 0 Å². The maximum absolute atomic E-state index is 5.32. The van der Waals surface area contributed by atoms with E-state index >= 15 is 0 Å². The molecule has 1 aromatic rings. The maximum Gasteiger partial charge on any atom is 0.195 e. The minimum Gasteiger partial charge on any atom is -0.493 e. The van der Waals surface area contributed by atoms with E-state index in [0.29, 0.717) is 11.5 Å². The van der Waals surface area contributed by atoms with Gasteiger partial charge < -0.3 is 25.0 Å². The summed E-state index contributed by atoms with van der Waals surface area (Å²) < 4.78 is 10.6. The molecule has 2 N–H and O–H groups in total. The van der Waals surface area contributed by atoms with Gasteiger partial charge in [0.15, 0.2) is 17.5 Å². The molecule has 0 aromatic heterocycles. The fraction of sp³-hybridized carbons (Fsp3) is 0.611. The summed E-state index contributed by atoms with van der Waals surface area (Å²) in [5.41, 5.74) is 0.906. The first-order chi connectivity index (χ1) is 11.7. The summed E-state index contributed by atoms with van der Waals surface area (Å²) in [6.45, 7) is 8.69. The number of rotatable bonds is 10. The molecule has 0 amide bonds. The number of methoxy groups -OCH3 is 2. The highest BCUT2D eigenvalue weighted by atomic mass is 127. The van der Waals surface area contributed by atoms with E-state index in [0.717, 1.165) is 44.2 Å². The number of aliphatic imine (C=N–C) groups is 1. The van der Waals surface area contributed by atoms with Gasteiger partial charge in [-0.2, -0.15) is 0 Å². The Balaban J connectivity index is 0.00000576. The molecule has 0 saturated heterocycles. The molecule has 0 fully saturated rings. The Morgan fingerprint density at radius 3 is 2.32 bits per heavy atom. The molecule has 0 aliphatic carbocycles. The molecule has 1 aromatic carbocycles. The average molecular weight is 464 g/mol. The summed E-state index contributed by atoms with van der Waals surface area (Å²) in [6, 6.07) is 5.71. The highest BCUT2D eigenvalue weighted by Gasteiger charge is 2.06. The number of nitrogens with one attached hydrogen (secondary N) is 2. The molecule has 0 aliphatic heterocycles. The van der Waals surface area contributed by atoms with Gasteiger partial charge in [0.2, 0.25) is 0 Å². The van der Waals surface area contributed by atoms with Gasteiger partial charge in [0.05, 0.1) is 14.2 Å². The smallest absolute Gasteiger partial charge is 0.195 e. The minimum absolute atomic E-state index is 0. The van der Waals surface area contributed by atoms with Crippen molar-refractivity contribution in [2.45, 2.75) is 26.7 Å². The fourth-order valence-corrected chi connectivity index (χ4v) is 2.44. The van der Waals surface area contributed by atoms with E-state index in [1.807, 2.05) is 18.2 Å². The highest BCUT2D eigenvalue weighted by molar-refractivity contribution is 14.0. The van der Waals surface area contributed by atoms with Crippen molar-refractivity contribution in [3.8, 4) is 11.5 Å². The van der Waals surface area contributed by atoms with Gasteiger partial charge in [-0.05, 0) is 44.6 Å². The van der Waals surface area contributed by atoms with Crippen LogP contribution < -0.4 is 20.1 Å². The van der Waals surface area contributed by atoms with Crippen LogP contribution in [-0.2, 0) is 0 Å². The summed E-state index contributed by atoms with van der Waals surface area (Å²) in [7, 11) is 5.03. The van der Waals surface area contributed by atoms with Crippen LogP contribution in [0.5, 0.6) is 11.5 Å². The van der Waals surface area contributed by atoms with Gasteiger partial charge in [0.25, 0.3) is 0 Å². The lowest BCUT2D eigenvalue weighted by molar-refractivity contribution is 0.297. The van der Waals surface area contributed by atoms with Gasteiger partial charge in [-0.3, -0.25) is 4.99 Å². The number of hydrogen-bond acceptors (Lipinski definition) is 4. The topological polar surface area (TPSA) is 58.1 Å². The quantitative estimate of drug-likeness (QED) is 0.241. The normalized spacial score (nSPS) is 11.0. The van der Waals surface area contributed by atoms with E-state index in [1.165, 1.54) is 6.42 Å². The largest absolute Gasteiger partial charge is 0.493 e. The summed E-state index contributed by atoms with van der Waals surface area (Å²) >= 11 is 0. The maximum atomic E-state index is 5.32. The van der Waals surface area contributed by atoms with Gasteiger partial charge >= 0.3 is 0 Å². The number of guanidine groups is 1. The molecule has 6 nitrogen and oxygen atoms in total. The molecule has 0 heterocycles. The highest BCUT2D eigenvalue weighted by Crippen LogP contribution is 2.29. The van der Waals surface area contributed by atoms with Crippen LogP contribution in [0.15, 0.2) is 23.2 Å². The van der Waals surface area contributed by atoms with Gasteiger partial charge in [-0.1, -0.05) is 13.8 Å². The molecule has 0 bridgehead atoms. The van der Waals surface area contributed by atoms with Crippen LogP contribution in [0.3, 0.4) is 0 Å². The molecule has 144 valence electrons.